The van der Waals surface area contributed by atoms with Crippen molar-refractivity contribution in [3.05, 3.63) is 0 Å². The summed E-state index contributed by atoms with van der Waals surface area (Å²) in [6, 6.07) is -0.471. The molecule has 4 N–H and O–H groups in total. The van der Waals surface area contributed by atoms with Crippen LogP contribution in [-0.4, -0.2) is 36.5 Å². The highest BCUT2D eigenvalue weighted by Crippen LogP contribution is 2.33. The van der Waals surface area contributed by atoms with Gasteiger partial charge in [0.25, 0.3) is 0 Å². The van der Waals surface area contributed by atoms with Crippen LogP contribution in [0, 0.1) is 11.8 Å². The summed E-state index contributed by atoms with van der Waals surface area (Å²) in [6.07, 6.45) is 6.22. The van der Waals surface area contributed by atoms with E-state index in [-0.39, 0.29) is 5.91 Å². The zero-order valence-electron chi connectivity index (χ0n) is 9.90. The Kier molecular flexibility index (Phi) is 3.82. The summed E-state index contributed by atoms with van der Waals surface area (Å²) in [5.41, 5.74) is 10.8. The standard InChI is InChI=1S/C12H23N3O/c13-11(12(14)16)5-6-15(7-9-1-2-9)8-10-3-4-10/h9-11H,1-8,13H2,(H2,14,16). The number of hydrogen-bond donors (Lipinski definition) is 2. The highest BCUT2D eigenvalue weighted by molar-refractivity contribution is 5.79. The SMILES string of the molecule is NC(=O)C(N)CCN(CC1CC1)CC1CC1. The fourth-order valence-electron chi connectivity index (χ4n) is 2.05. The molecule has 0 aromatic heterocycles. The van der Waals surface area contributed by atoms with Gasteiger partial charge in [0.1, 0.15) is 0 Å². The normalized spacial score (nSPS) is 22.4. The number of amides is 1. The zero-order valence-corrected chi connectivity index (χ0v) is 9.90. The molecule has 0 radical (unpaired) electrons. The second-order valence-corrected chi connectivity index (χ2v) is 5.44. The molecule has 0 heterocycles. The van der Waals surface area contributed by atoms with Crippen molar-refractivity contribution in [1.29, 1.82) is 0 Å². The molecule has 2 aliphatic rings. The Labute approximate surface area is 97.3 Å². The molecule has 16 heavy (non-hydrogen) atoms. The molecule has 1 atom stereocenters. The summed E-state index contributed by atoms with van der Waals surface area (Å²) in [5, 5.41) is 0. The second kappa shape index (κ2) is 5.15. The minimum atomic E-state index is -0.471. The van der Waals surface area contributed by atoms with E-state index >= 15 is 0 Å². The van der Waals surface area contributed by atoms with E-state index in [0.717, 1.165) is 18.4 Å². The lowest BCUT2D eigenvalue weighted by atomic mass is 10.2. The quantitative estimate of drug-likeness (QED) is 0.624. The van der Waals surface area contributed by atoms with Gasteiger partial charge < -0.3 is 16.4 Å². The van der Waals surface area contributed by atoms with Crippen molar-refractivity contribution in [1.82, 2.24) is 4.90 Å². The average molecular weight is 225 g/mol. The number of carbonyl (C=O) groups is 1. The molecule has 1 amide bonds. The maximum absolute atomic E-state index is 10.9. The van der Waals surface area contributed by atoms with Crippen molar-refractivity contribution < 1.29 is 4.79 Å². The molecule has 2 aliphatic carbocycles. The Balaban J connectivity index is 1.69. The van der Waals surface area contributed by atoms with Crippen molar-refractivity contribution in [2.24, 2.45) is 23.3 Å². The highest BCUT2D eigenvalue weighted by atomic mass is 16.1. The van der Waals surface area contributed by atoms with Crippen molar-refractivity contribution in [3.8, 4) is 0 Å². The molecular formula is C12H23N3O. The smallest absolute Gasteiger partial charge is 0.234 e. The van der Waals surface area contributed by atoms with E-state index in [1.54, 1.807) is 0 Å². The van der Waals surface area contributed by atoms with E-state index in [2.05, 4.69) is 4.90 Å². The van der Waals surface area contributed by atoms with Gasteiger partial charge in [0.15, 0.2) is 0 Å². The number of rotatable bonds is 8. The van der Waals surface area contributed by atoms with Crippen LogP contribution in [0.1, 0.15) is 32.1 Å². The number of carbonyl (C=O) groups excluding carboxylic acids is 1. The molecule has 92 valence electrons. The molecule has 0 bridgehead atoms. The molecule has 1 unspecified atom stereocenters. The lowest BCUT2D eigenvalue weighted by Crippen LogP contribution is -2.40. The number of nitrogens with two attached hydrogens (primary N) is 2. The van der Waals surface area contributed by atoms with Crippen LogP contribution in [0.2, 0.25) is 0 Å². The first-order valence-electron chi connectivity index (χ1n) is 6.42. The number of hydrogen-bond acceptors (Lipinski definition) is 3. The molecule has 4 heteroatoms. The van der Waals surface area contributed by atoms with Gasteiger partial charge in [-0.15, -0.1) is 0 Å². The summed E-state index contributed by atoms with van der Waals surface area (Å²) in [4.78, 5) is 13.3. The Morgan fingerprint density at radius 3 is 2.06 bits per heavy atom. The van der Waals surface area contributed by atoms with Gasteiger partial charge in [0, 0.05) is 19.6 Å². The van der Waals surface area contributed by atoms with E-state index in [4.69, 9.17) is 11.5 Å². The molecule has 0 saturated heterocycles. The topological polar surface area (TPSA) is 72.3 Å². The summed E-state index contributed by atoms with van der Waals surface area (Å²) < 4.78 is 0. The molecule has 2 saturated carbocycles. The first-order valence-corrected chi connectivity index (χ1v) is 6.42. The Morgan fingerprint density at radius 1 is 1.19 bits per heavy atom. The van der Waals surface area contributed by atoms with Gasteiger partial charge in [-0.25, -0.2) is 0 Å². The van der Waals surface area contributed by atoms with Crippen molar-refractivity contribution in [2.75, 3.05) is 19.6 Å². The third kappa shape index (κ3) is 4.10. The molecule has 0 aromatic carbocycles. The van der Waals surface area contributed by atoms with E-state index in [1.165, 1.54) is 38.8 Å². The van der Waals surface area contributed by atoms with E-state index in [9.17, 15) is 4.79 Å². The number of nitrogens with zero attached hydrogens (tertiary/aromatic N) is 1. The first-order chi connectivity index (χ1) is 7.65. The highest BCUT2D eigenvalue weighted by Gasteiger charge is 2.29. The van der Waals surface area contributed by atoms with Gasteiger partial charge in [0.2, 0.25) is 5.91 Å². The lowest BCUT2D eigenvalue weighted by molar-refractivity contribution is -0.119. The molecule has 2 rings (SSSR count). The second-order valence-electron chi connectivity index (χ2n) is 5.44. The molecule has 2 fully saturated rings. The largest absolute Gasteiger partial charge is 0.368 e. The fraction of sp³-hybridized carbons (Fsp3) is 0.917. The van der Waals surface area contributed by atoms with Crippen LogP contribution < -0.4 is 11.5 Å². The molecule has 0 aliphatic heterocycles. The molecular weight excluding hydrogens is 202 g/mol. The lowest BCUT2D eigenvalue weighted by Gasteiger charge is -2.23. The van der Waals surface area contributed by atoms with E-state index in [1.807, 2.05) is 0 Å². The molecule has 4 nitrogen and oxygen atoms in total. The van der Waals surface area contributed by atoms with Crippen LogP contribution in [0.3, 0.4) is 0 Å². The van der Waals surface area contributed by atoms with Gasteiger partial charge in [-0.05, 0) is 43.9 Å². The maximum atomic E-state index is 10.9. The predicted octanol–water partition coefficient (Wildman–Crippen LogP) is 0.311. The average Bonchev–Trinajstić information content (AvgIpc) is 3.08. The predicted molar refractivity (Wildman–Crippen MR) is 63.7 cm³/mol. The van der Waals surface area contributed by atoms with Crippen LogP contribution in [0.25, 0.3) is 0 Å². The summed E-state index contributed by atoms with van der Waals surface area (Å²) in [6.45, 7) is 3.32. The van der Waals surface area contributed by atoms with Crippen molar-refractivity contribution in [3.63, 3.8) is 0 Å². The minimum Gasteiger partial charge on any atom is -0.368 e. The number of primary amides is 1. The maximum Gasteiger partial charge on any atom is 0.234 e. The Hall–Kier alpha value is -0.610. The first kappa shape index (κ1) is 11.9. The summed E-state index contributed by atoms with van der Waals surface area (Å²) >= 11 is 0. The van der Waals surface area contributed by atoms with Gasteiger partial charge in [0.05, 0.1) is 6.04 Å². The summed E-state index contributed by atoms with van der Waals surface area (Å²) in [7, 11) is 0. The fourth-order valence-corrected chi connectivity index (χ4v) is 2.05. The monoisotopic (exact) mass is 225 g/mol. The van der Waals surface area contributed by atoms with Crippen LogP contribution >= 0.6 is 0 Å². The van der Waals surface area contributed by atoms with Crippen LogP contribution in [0.15, 0.2) is 0 Å². The molecule has 0 aromatic rings. The zero-order chi connectivity index (χ0) is 11.5. The van der Waals surface area contributed by atoms with E-state index in [0.29, 0.717) is 6.42 Å². The third-order valence-electron chi connectivity index (χ3n) is 3.55. The van der Waals surface area contributed by atoms with Gasteiger partial charge in [-0.1, -0.05) is 0 Å². The Morgan fingerprint density at radius 2 is 1.69 bits per heavy atom. The van der Waals surface area contributed by atoms with Crippen LogP contribution in [0.5, 0.6) is 0 Å². The molecule has 0 spiro atoms. The van der Waals surface area contributed by atoms with E-state index < -0.39 is 6.04 Å². The van der Waals surface area contributed by atoms with Gasteiger partial charge >= 0.3 is 0 Å². The van der Waals surface area contributed by atoms with Gasteiger partial charge in [-0.2, -0.15) is 0 Å². The van der Waals surface area contributed by atoms with Crippen LogP contribution in [0.4, 0.5) is 0 Å². The van der Waals surface area contributed by atoms with Gasteiger partial charge in [-0.3, -0.25) is 4.79 Å². The minimum absolute atomic E-state index is 0.377. The van der Waals surface area contributed by atoms with Crippen molar-refractivity contribution in [2.45, 2.75) is 38.1 Å². The third-order valence-corrected chi connectivity index (χ3v) is 3.55. The summed E-state index contributed by atoms with van der Waals surface area (Å²) in [5.74, 6) is 1.44. The van der Waals surface area contributed by atoms with Crippen LogP contribution in [-0.2, 0) is 4.79 Å². The van der Waals surface area contributed by atoms with Crippen molar-refractivity contribution >= 4 is 5.91 Å². The Bertz CT molecular complexity index is 235.